The van der Waals surface area contributed by atoms with E-state index in [1.54, 1.807) is 26.0 Å². The minimum Gasteiger partial charge on any atom is -0.507 e. The van der Waals surface area contributed by atoms with Crippen LogP contribution < -0.4 is 5.32 Å². The summed E-state index contributed by atoms with van der Waals surface area (Å²) in [5, 5.41) is 21.1. The van der Waals surface area contributed by atoms with Crippen LogP contribution in [0.5, 0.6) is 5.75 Å². The first-order valence-corrected chi connectivity index (χ1v) is 6.61. The molecule has 0 aliphatic heterocycles. The molecule has 1 aromatic carbocycles. The molecule has 0 saturated carbocycles. The Kier molecular flexibility index (Phi) is 5.35. The molecular formula is C13H16BrNO4. The second-order valence-corrected chi connectivity index (χ2v) is 5.42. The number of amides is 1. The van der Waals surface area contributed by atoms with E-state index in [0.717, 1.165) is 0 Å². The van der Waals surface area contributed by atoms with Gasteiger partial charge < -0.3 is 15.5 Å². The van der Waals surface area contributed by atoms with Gasteiger partial charge in [0.25, 0.3) is 5.91 Å². The van der Waals surface area contributed by atoms with Crippen molar-refractivity contribution < 1.29 is 19.8 Å². The van der Waals surface area contributed by atoms with E-state index in [1.807, 2.05) is 0 Å². The molecule has 0 aromatic heterocycles. The average Bonchev–Trinajstić information content (AvgIpc) is 2.31. The predicted octanol–water partition coefficient (Wildman–Crippen LogP) is 2.24. The molecule has 0 saturated heterocycles. The molecule has 1 aromatic rings. The molecule has 0 fully saturated rings. The summed E-state index contributed by atoms with van der Waals surface area (Å²) in [6.07, 6.45) is 0. The van der Waals surface area contributed by atoms with Crippen LogP contribution in [0.4, 0.5) is 0 Å². The van der Waals surface area contributed by atoms with E-state index >= 15 is 0 Å². The first kappa shape index (κ1) is 15.5. The number of nitrogens with one attached hydrogen (secondary N) is 1. The Balaban J connectivity index is 2.69. The zero-order valence-electron chi connectivity index (χ0n) is 10.7. The number of carboxylic acid groups (broad SMARTS) is 1. The SMILES string of the molecule is CC(C)C(CNC(=O)c1ccc(Br)c(O)c1)C(=O)O. The normalized spacial score (nSPS) is 12.2. The number of hydrogen-bond acceptors (Lipinski definition) is 3. The lowest BCUT2D eigenvalue weighted by atomic mass is 9.96. The Hall–Kier alpha value is -1.56. The lowest BCUT2D eigenvalue weighted by Gasteiger charge is -2.16. The molecule has 0 aliphatic rings. The van der Waals surface area contributed by atoms with Crippen LogP contribution >= 0.6 is 15.9 Å². The van der Waals surface area contributed by atoms with Gasteiger partial charge in [0.2, 0.25) is 0 Å². The second-order valence-electron chi connectivity index (χ2n) is 4.56. The Bertz CT molecular complexity index is 488. The molecule has 6 heteroatoms. The van der Waals surface area contributed by atoms with Crippen molar-refractivity contribution in [3.8, 4) is 5.75 Å². The molecule has 0 radical (unpaired) electrons. The third kappa shape index (κ3) is 4.24. The van der Waals surface area contributed by atoms with Gasteiger partial charge in [-0.05, 0) is 40.0 Å². The van der Waals surface area contributed by atoms with E-state index in [2.05, 4.69) is 21.2 Å². The number of aromatic hydroxyl groups is 1. The van der Waals surface area contributed by atoms with Gasteiger partial charge in [0.15, 0.2) is 0 Å². The molecule has 0 aliphatic carbocycles. The van der Waals surface area contributed by atoms with E-state index in [1.165, 1.54) is 6.07 Å². The van der Waals surface area contributed by atoms with E-state index in [-0.39, 0.29) is 23.8 Å². The molecule has 5 nitrogen and oxygen atoms in total. The number of hydrogen-bond donors (Lipinski definition) is 3. The summed E-state index contributed by atoms with van der Waals surface area (Å²) < 4.78 is 0.495. The highest BCUT2D eigenvalue weighted by atomic mass is 79.9. The van der Waals surface area contributed by atoms with Crippen molar-refractivity contribution in [2.45, 2.75) is 13.8 Å². The van der Waals surface area contributed by atoms with Crippen molar-refractivity contribution in [2.75, 3.05) is 6.54 Å². The summed E-state index contributed by atoms with van der Waals surface area (Å²) in [4.78, 5) is 22.8. The second kappa shape index (κ2) is 6.56. The maximum Gasteiger partial charge on any atom is 0.308 e. The lowest BCUT2D eigenvalue weighted by Crippen LogP contribution is -2.35. The zero-order valence-corrected chi connectivity index (χ0v) is 12.3. The standard InChI is InChI=1S/C13H16BrNO4/c1-7(2)9(13(18)19)6-15-12(17)8-3-4-10(14)11(16)5-8/h3-5,7,9,16H,6H2,1-2H3,(H,15,17)(H,18,19). The molecule has 0 bridgehead atoms. The van der Waals surface area contributed by atoms with Crippen molar-refractivity contribution in [3.63, 3.8) is 0 Å². The van der Waals surface area contributed by atoms with Gasteiger partial charge in [0.05, 0.1) is 10.4 Å². The molecule has 3 N–H and O–H groups in total. The first-order valence-electron chi connectivity index (χ1n) is 5.82. The molecule has 104 valence electrons. The van der Waals surface area contributed by atoms with Gasteiger partial charge in [-0.25, -0.2) is 0 Å². The van der Waals surface area contributed by atoms with E-state index in [0.29, 0.717) is 4.47 Å². The van der Waals surface area contributed by atoms with Crippen LogP contribution in [-0.2, 0) is 4.79 Å². The topological polar surface area (TPSA) is 86.6 Å². The number of halogens is 1. The van der Waals surface area contributed by atoms with Gasteiger partial charge in [-0.2, -0.15) is 0 Å². The molecular weight excluding hydrogens is 314 g/mol. The fourth-order valence-electron chi connectivity index (χ4n) is 1.57. The zero-order chi connectivity index (χ0) is 14.6. The summed E-state index contributed by atoms with van der Waals surface area (Å²) in [6.45, 7) is 3.63. The number of aliphatic carboxylic acids is 1. The highest BCUT2D eigenvalue weighted by Crippen LogP contribution is 2.24. The van der Waals surface area contributed by atoms with Gasteiger partial charge >= 0.3 is 5.97 Å². The average molecular weight is 330 g/mol. The monoisotopic (exact) mass is 329 g/mol. The van der Waals surface area contributed by atoms with Crippen LogP contribution in [-0.4, -0.2) is 28.6 Å². The Morgan fingerprint density at radius 2 is 2.00 bits per heavy atom. The van der Waals surface area contributed by atoms with Crippen LogP contribution in [0.2, 0.25) is 0 Å². The van der Waals surface area contributed by atoms with Gasteiger partial charge in [-0.3, -0.25) is 9.59 Å². The van der Waals surface area contributed by atoms with Crippen LogP contribution in [0, 0.1) is 11.8 Å². The van der Waals surface area contributed by atoms with E-state index < -0.39 is 17.8 Å². The van der Waals surface area contributed by atoms with Crippen molar-refractivity contribution in [2.24, 2.45) is 11.8 Å². The number of carbonyl (C=O) groups excluding carboxylic acids is 1. The fraction of sp³-hybridized carbons (Fsp3) is 0.385. The number of phenolic OH excluding ortho intramolecular Hbond substituents is 1. The third-order valence-corrected chi connectivity index (χ3v) is 3.48. The van der Waals surface area contributed by atoms with Crippen molar-refractivity contribution in [3.05, 3.63) is 28.2 Å². The number of rotatable bonds is 5. The first-order chi connectivity index (χ1) is 8.82. The highest BCUT2D eigenvalue weighted by Gasteiger charge is 2.22. The maximum atomic E-state index is 11.8. The summed E-state index contributed by atoms with van der Waals surface area (Å²) >= 11 is 3.12. The third-order valence-electron chi connectivity index (χ3n) is 2.81. The highest BCUT2D eigenvalue weighted by molar-refractivity contribution is 9.10. The molecule has 0 spiro atoms. The minimum absolute atomic E-state index is 0.0358. The summed E-state index contributed by atoms with van der Waals surface area (Å²) in [5.41, 5.74) is 0.286. The number of phenols is 1. The molecule has 1 amide bonds. The smallest absolute Gasteiger partial charge is 0.308 e. The van der Waals surface area contributed by atoms with Gasteiger partial charge in [-0.15, -0.1) is 0 Å². The fourth-order valence-corrected chi connectivity index (χ4v) is 1.81. The molecule has 0 heterocycles. The van der Waals surface area contributed by atoms with Gasteiger partial charge in [-0.1, -0.05) is 13.8 Å². The minimum atomic E-state index is -0.936. The Morgan fingerprint density at radius 3 is 2.47 bits per heavy atom. The Morgan fingerprint density at radius 1 is 1.37 bits per heavy atom. The Labute approximate surface area is 119 Å². The van der Waals surface area contributed by atoms with E-state index in [9.17, 15) is 14.7 Å². The number of carbonyl (C=O) groups is 2. The predicted molar refractivity (Wildman–Crippen MR) is 74.1 cm³/mol. The lowest BCUT2D eigenvalue weighted by molar-refractivity contribution is -0.142. The van der Waals surface area contributed by atoms with Crippen LogP contribution in [0.3, 0.4) is 0 Å². The van der Waals surface area contributed by atoms with Crippen molar-refractivity contribution in [1.82, 2.24) is 5.32 Å². The maximum absolute atomic E-state index is 11.8. The summed E-state index contributed by atoms with van der Waals surface area (Å²) in [7, 11) is 0. The quantitative estimate of drug-likeness (QED) is 0.773. The van der Waals surface area contributed by atoms with Gasteiger partial charge in [0, 0.05) is 12.1 Å². The number of carboxylic acids is 1. The molecule has 1 rings (SSSR count). The van der Waals surface area contributed by atoms with Crippen LogP contribution in [0.25, 0.3) is 0 Å². The van der Waals surface area contributed by atoms with Crippen molar-refractivity contribution in [1.29, 1.82) is 0 Å². The number of benzene rings is 1. The molecule has 19 heavy (non-hydrogen) atoms. The van der Waals surface area contributed by atoms with Crippen molar-refractivity contribution >= 4 is 27.8 Å². The molecule has 1 unspecified atom stereocenters. The largest absolute Gasteiger partial charge is 0.507 e. The van der Waals surface area contributed by atoms with Crippen LogP contribution in [0.15, 0.2) is 22.7 Å². The molecule has 1 atom stereocenters. The van der Waals surface area contributed by atoms with E-state index in [4.69, 9.17) is 5.11 Å². The van der Waals surface area contributed by atoms with Gasteiger partial charge in [0.1, 0.15) is 5.75 Å². The summed E-state index contributed by atoms with van der Waals surface area (Å²) in [6, 6.07) is 4.43. The van der Waals surface area contributed by atoms with Crippen LogP contribution in [0.1, 0.15) is 24.2 Å². The summed E-state index contributed by atoms with van der Waals surface area (Å²) in [5.74, 6) is -2.08.